The molecule has 1 aliphatic carbocycles. The smallest absolute Gasteiger partial charge is 0.131 e. The molecule has 1 aromatic heterocycles. The molecule has 94 valence electrons. The van der Waals surface area contributed by atoms with E-state index in [9.17, 15) is 9.50 Å². The third kappa shape index (κ3) is 1.93. The van der Waals surface area contributed by atoms with Crippen molar-refractivity contribution in [2.75, 3.05) is 0 Å². The molecule has 3 rings (SSSR count). The zero-order valence-electron chi connectivity index (χ0n) is 9.96. The van der Waals surface area contributed by atoms with E-state index in [4.69, 9.17) is 0 Å². The number of benzene rings is 1. The molecule has 18 heavy (non-hydrogen) atoms. The van der Waals surface area contributed by atoms with Crippen LogP contribution in [0.15, 0.2) is 36.7 Å². The zero-order valence-corrected chi connectivity index (χ0v) is 9.96. The number of aliphatic hydroxyl groups excluding tert-OH is 1. The molecule has 0 amide bonds. The van der Waals surface area contributed by atoms with Crippen molar-refractivity contribution in [3.8, 4) is 11.1 Å². The van der Waals surface area contributed by atoms with Crippen molar-refractivity contribution in [3.05, 3.63) is 42.5 Å². The minimum absolute atomic E-state index is 0.0329. The quantitative estimate of drug-likeness (QED) is 0.884. The van der Waals surface area contributed by atoms with Gasteiger partial charge in [-0.05, 0) is 25.3 Å². The maximum atomic E-state index is 13.7. The Balaban J connectivity index is 1.92. The summed E-state index contributed by atoms with van der Waals surface area (Å²) in [4.78, 5) is 0. The van der Waals surface area contributed by atoms with Gasteiger partial charge in [0.05, 0.1) is 18.3 Å². The van der Waals surface area contributed by atoms with Crippen molar-refractivity contribution in [2.24, 2.45) is 0 Å². The second-order valence-corrected chi connectivity index (χ2v) is 4.75. The topological polar surface area (TPSA) is 38.0 Å². The summed E-state index contributed by atoms with van der Waals surface area (Å²) in [6.45, 7) is 0. The number of nitrogens with zero attached hydrogens (tertiary/aromatic N) is 2. The monoisotopic (exact) mass is 246 g/mol. The van der Waals surface area contributed by atoms with E-state index in [1.807, 2.05) is 6.20 Å². The van der Waals surface area contributed by atoms with Crippen LogP contribution in [0, 0.1) is 5.82 Å². The van der Waals surface area contributed by atoms with E-state index in [0.29, 0.717) is 5.56 Å². The molecule has 2 aromatic rings. The van der Waals surface area contributed by atoms with E-state index in [1.165, 1.54) is 6.07 Å². The van der Waals surface area contributed by atoms with Gasteiger partial charge in [-0.3, -0.25) is 4.68 Å². The Hall–Kier alpha value is -1.68. The van der Waals surface area contributed by atoms with Crippen LogP contribution < -0.4 is 0 Å². The maximum Gasteiger partial charge on any atom is 0.131 e. The van der Waals surface area contributed by atoms with E-state index in [-0.39, 0.29) is 18.0 Å². The lowest BCUT2D eigenvalue weighted by atomic mass is 10.1. The zero-order chi connectivity index (χ0) is 12.5. The van der Waals surface area contributed by atoms with Gasteiger partial charge in [-0.1, -0.05) is 18.2 Å². The Morgan fingerprint density at radius 1 is 1.28 bits per heavy atom. The second-order valence-electron chi connectivity index (χ2n) is 4.75. The van der Waals surface area contributed by atoms with Crippen LogP contribution in [-0.4, -0.2) is 21.0 Å². The third-order valence-corrected chi connectivity index (χ3v) is 3.57. The van der Waals surface area contributed by atoms with Crippen LogP contribution in [0.5, 0.6) is 0 Å². The predicted molar refractivity (Wildman–Crippen MR) is 66.5 cm³/mol. The van der Waals surface area contributed by atoms with Crippen molar-refractivity contribution < 1.29 is 9.50 Å². The highest BCUT2D eigenvalue weighted by molar-refractivity contribution is 5.62. The maximum absolute atomic E-state index is 13.7. The van der Waals surface area contributed by atoms with Gasteiger partial charge >= 0.3 is 0 Å². The fourth-order valence-electron chi connectivity index (χ4n) is 2.58. The van der Waals surface area contributed by atoms with Gasteiger partial charge in [-0.2, -0.15) is 5.10 Å². The number of aliphatic hydroxyl groups is 1. The highest BCUT2D eigenvalue weighted by Crippen LogP contribution is 2.31. The van der Waals surface area contributed by atoms with E-state index >= 15 is 0 Å². The highest BCUT2D eigenvalue weighted by atomic mass is 19.1. The summed E-state index contributed by atoms with van der Waals surface area (Å²) < 4.78 is 15.4. The molecule has 1 N–H and O–H groups in total. The number of aromatic nitrogens is 2. The van der Waals surface area contributed by atoms with Gasteiger partial charge in [0, 0.05) is 17.3 Å². The molecule has 1 saturated carbocycles. The third-order valence-electron chi connectivity index (χ3n) is 3.57. The Morgan fingerprint density at radius 2 is 2.11 bits per heavy atom. The van der Waals surface area contributed by atoms with Gasteiger partial charge in [-0.25, -0.2) is 4.39 Å². The van der Waals surface area contributed by atoms with Gasteiger partial charge in [0.1, 0.15) is 5.82 Å². The molecular formula is C14H15FN2O. The van der Waals surface area contributed by atoms with Crippen LogP contribution in [-0.2, 0) is 0 Å². The molecule has 2 unspecified atom stereocenters. The largest absolute Gasteiger partial charge is 0.391 e. The molecule has 3 nitrogen and oxygen atoms in total. The van der Waals surface area contributed by atoms with Crippen LogP contribution in [0.1, 0.15) is 25.3 Å². The normalized spacial score (nSPS) is 23.4. The van der Waals surface area contributed by atoms with Gasteiger partial charge in [0.2, 0.25) is 0 Å². The summed E-state index contributed by atoms with van der Waals surface area (Å²) >= 11 is 0. The standard InChI is InChI=1S/C14H15FN2O/c15-12-5-2-1-4-11(12)10-8-16-17(9-10)13-6-3-7-14(13)18/h1-2,4-5,8-9,13-14,18H,3,6-7H2. The van der Waals surface area contributed by atoms with Crippen LogP contribution >= 0.6 is 0 Å². The molecule has 0 radical (unpaired) electrons. The van der Waals surface area contributed by atoms with Crippen LogP contribution in [0.4, 0.5) is 4.39 Å². The van der Waals surface area contributed by atoms with E-state index in [1.54, 1.807) is 29.1 Å². The summed E-state index contributed by atoms with van der Waals surface area (Å²) in [5.74, 6) is -0.246. The Kier molecular flexibility index (Phi) is 2.88. The van der Waals surface area contributed by atoms with Crippen LogP contribution in [0.2, 0.25) is 0 Å². The van der Waals surface area contributed by atoms with Gasteiger partial charge in [0.25, 0.3) is 0 Å². The summed E-state index contributed by atoms with van der Waals surface area (Å²) in [5.41, 5.74) is 1.31. The molecule has 0 aliphatic heterocycles. The van der Waals surface area contributed by atoms with E-state index in [2.05, 4.69) is 5.10 Å². The predicted octanol–water partition coefficient (Wildman–Crippen LogP) is 2.78. The molecule has 4 heteroatoms. The van der Waals surface area contributed by atoms with Crippen molar-refractivity contribution in [1.29, 1.82) is 0 Å². The minimum atomic E-state index is -0.335. The van der Waals surface area contributed by atoms with E-state index in [0.717, 1.165) is 24.8 Å². The van der Waals surface area contributed by atoms with Gasteiger partial charge < -0.3 is 5.11 Å². The lowest BCUT2D eigenvalue weighted by Gasteiger charge is -2.14. The Morgan fingerprint density at radius 3 is 2.83 bits per heavy atom. The average Bonchev–Trinajstić information content (AvgIpc) is 2.98. The minimum Gasteiger partial charge on any atom is -0.391 e. The van der Waals surface area contributed by atoms with Gasteiger partial charge in [-0.15, -0.1) is 0 Å². The van der Waals surface area contributed by atoms with Crippen molar-refractivity contribution >= 4 is 0 Å². The number of halogens is 1. The fourth-order valence-corrected chi connectivity index (χ4v) is 2.58. The Labute approximate surface area is 105 Å². The molecule has 2 atom stereocenters. The summed E-state index contributed by atoms with van der Waals surface area (Å²) in [6.07, 6.45) is 5.90. The van der Waals surface area contributed by atoms with Crippen LogP contribution in [0.25, 0.3) is 11.1 Å². The Bertz CT molecular complexity index is 552. The number of hydrogen-bond acceptors (Lipinski definition) is 2. The van der Waals surface area contributed by atoms with Crippen LogP contribution in [0.3, 0.4) is 0 Å². The lowest BCUT2D eigenvalue weighted by Crippen LogP contribution is -2.18. The first-order chi connectivity index (χ1) is 8.75. The second kappa shape index (κ2) is 4.53. The SMILES string of the molecule is OC1CCCC1n1cc(-c2ccccc2F)cn1. The first-order valence-electron chi connectivity index (χ1n) is 6.23. The molecule has 1 aromatic carbocycles. The molecular weight excluding hydrogens is 231 g/mol. The lowest BCUT2D eigenvalue weighted by molar-refractivity contribution is 0.130. The number of hydrogen-bond donors (Lipinski definition) is 1. The van der Waals surface area contributed by atoms with E-state index < -0.39 is 0 Å². The molecule has 1 heterocycles. The van der Waals surface area contributed by atoms with Crippen molar-refractivity contribution in [1.82, 2.24) is 9.78 Å². The number of rotatable bonds is 2. The molecule has 1 aliphatic rings. The summed E-state index contributed by atoms with van der Waals surface area (Å²) in [5, 5.41) is 14.1. The average molecular weight is 246 g/mol. The van der Waals surface area contributed by atoms with Crippen molar-refractivity contribution in [2.45, 2.75) is 31.4 Å². The van der Waals surface area contributed by atoms with Crippen molar-refractivity contribution in [3.63, 3.8) is 0 Å². The molecule has 0 bridgehead atoms. The molecule has 1 fully saturated rings. The highest BCUT2D eigenvalue weighted by Gasteiger charge is 2.27. The first kappa shape index (κ1) is 11.4. The summed E-state index contributed by atoms with van der Waals surface area (Å²) in [6, 6.07) is 6.69. The fraction of sp³-hybridized carbons (Fsp3) is 0.357. The van der Waals surface area contributed by atoms with Gasteiger partial charge in [0.15, 0.2) is 0 Å². The summed E-state index contributed by atoms with van der Waals surface area (Å²) in [7, 11) is 0. The molecule has 0 spiro atoms. The first-order valence-corrected chi connectivity index (χ1v) is 6.23. The molecule has 0 saturated heterocycles.